The fraction of sp³-hybridized carbons (Fsp3) is 0.375. The summed E-state index contributed by atoms with van der Waals surface area (Å²) in [6.45, 7) is 2.18. The lowest BCUT2D eigenvalue weighted by Crippen LogP contribution is -2.14. The SMILES string of the molecule is CCc1cc2c(s1)SCC(=S)N2. The van der Waals surface area contributed by atoms with Crippen LogP contribution < -0.4 is 5.32 Å². The molecule has 0 atom stereocenters. The molecule has 2 rings (SSSR count). The third-order valence-corrected chi connectivity index (χ3v) is 4.73. The standard InChI is InChI=1S/C8H9NS3/c1-2-5-3-6-8(12-5)11-4-7(10)9-6/h3H,2,4H2,1H3,(H,9,10). The number of hydrogen-bond acceptors (Lipinski definition) is 3. The van der Waals surface area contributed by atoms with Crippen LogP contribution in [-0.4, -0.2) is 10.7 Å². The number of thiocarbonyl (C=S) groups is 1. The molecule has 1 aliphatic heterocycles. The number of hydrogen-bond donors (Lipinski definition) is 1. The average molecular weight is 215 g/mol. The molecular formula is C8H9NS3. The summed E-state index contributed by atoms with van der Waals surface area (Å²) in [5.74, 6) is 0.937. The van der Waals surface area contributed by atoms with E-state index in [4.69, 9.17) is 12.2 Å². The second kappa shape index (κ2) is 3.36. The number of anilines is 1. The van der Waals surface area contributed by atoms with Crippen molar-refractivity contribution < 1.29 is 0 Å². The molecule has 1 aromatic rings. The summed E-state index contributed by atoms with van der Waals surface area (Å²) in [6.07, 6.45) is 1.12. The van der Waals surface area contributed by atoms with Crippen LogP contribution in [0.1, 0.15) is 11.8 Å². The molecule has 2 heterocycles. The predicted molar refractivity (Wildman–Crippen MR) is 60.6 cm³/mol. The zero-order valence-corrected chi connectivity index (χ0v) is 9.17. The minimum Gasteiger partial charge on any atom is -0.348 e. The molecule has 64 valence electrons. The predicted octanol–water partition coefficient (Wildman–Crippen LogP) is 3.16. The van der Waals surface area contributed by atoms with Gasteiger partial charge in [0.2, 0.25) is 0 Å². The molecule has 0 aliphatic carbocycles. The zero-order chi connectivity index (χ0) is 8.55. The first-order chi connectivity index (χ1) is 5.79. The van der Waals surface area contributed by atoms with Crippen LogP contribution in [-0.2, 0) is 6.42 Å². The molecule has 12 heavy (non-hydrogen) atoms. The fourth-order valence-corrected chi connectivity index (χ4v) is 3.51. The van der Waals surface area contributed by atoms with Gasteiger partial charge in [-0.2, -0.15) is 0 Å². The van der Waals surface area contributed by atoms with E-state index < -0.39 is 0 Å². The number of nitrogens with one attached hydrogen (secondary N) is 1. The van der Waals surface area contributed by atoms with E-state index in [9.17, 15) is 0 Å². The Labute approximate surface area is 85.6 Å². The molecule has 1 aliphatic rings. The van der Waals surface area contributed by atoms with Crippen molar-refractivity contribution in [2.45, 2.75) is 17.6 Å². The third kappa shape index (κ3) is 1.51. The van der Waals surface area contributed by atoms with Gasteiger partial charge in [-0.1, -0.05) is 19.1 Å². The summed E-state index contributed by atoms with van der Waals surface area (Å²) in [5.41, 5.74) is 1.22. The second-order valence-electron chi connectivity index (χ2n) is 2.60. The van der Waals surface area contributed by atoms with Crippen molar-refractivity contribution in [1.82, 2.24) is 0 Å². The quantitative estimate of drug-likeness (QED) is 0.723. The minimum absolute atomic E-state index is 0.937. The third-order valence-electron chi connectivity index (χ3n) is 1.71. The lowest BCUT2D eigenvalue weighted by atomic mass is 10.3. The van der Waals surface area contributed by atoms with Gasteiger partial charge in [-0.3, -0.25) is 0 Å². The average Bonchev–Trinajstić information content (AvgIpc) is 2.46. The Morgan fingerprint density at radius 3 is 3.25 bits per heavy atom. The molecule has 0 spiro atoms. The molecule has 0 fully saturated rings. The van der Waals surface area contributed by atoms with Gasteiger partial charge >= 0.3 is 0 Å². The fourth-order valence-electron chi connectivity index (χ4n) is 1.11. The van der Waals surface area contributed by atoms with Crippen molar-refractivity contribution in [3.05, 3.63) is 10.9 Å². The highest BCUT2D eigenvalue weighted by atomic mass is 32.2. The Morgan fingerprint density at radius 1 is 1.67 bits per heavy atom. The largest absolute Gasteiger partial charge is 0.348 e. The van der Waals surface area contributed by atoms with Crippen molar-refractivity contribution in [3.63, 3.8) is 0 Å². The van der Waals surface area contributed by atoms with E-state index in [1.54, 1.807) is 0 Å². The Kier molecular flexibility index (Phi) is 2.39. The van der Waals surface area contributed by atoms with Gasteiger partial charge in [0.05, 0.1) is 14.9 Å². The first-order valence-corrected chi connectivity index (χ1v) is 6.06. The number of aryl methyl sites for hydroxylation is 1. The lowest BCUT2D eigenvalue weighted by Gasteiger charge is -2.12. The molecule has 0 radical (unpaired) electrons. The van der Waals surface area contributed by atoms with Crippen molar-refractivity contribution in [2.75, 3.05) is 11.1 Å². The van der Waals surface area contributed by atoms with E-state index in [0.717, 1.165) is 17.2 Å². The molecule has 0 unspecified atom stereocenters. The second-order valence-corrected chi connectivity index (χ2v) is 5.48. The van der Waals surface area contributed by atoms with Crippen molar-refractivity contribution in [1.29, 1.82) is 0 Å². The maximum absolute atomic E-state index is 5.10. The van der Waals surface area contributed by atoms with E-state index in [1.165, 1.54) is 14.8 Å². The first kappa shape index (κ1) is 8.53. The van der Waals surface area contributed by atoms with E-state index in [2.05, 4.69) is 18.3 Å². The maximum Gasteiger partial charge on any atom is 0.0902 e. The van der Waals surface area contributed by atoms with Crippen molar-refractivity contribution in [2.24, 2.45) is 0 Å². The Bertz CT molecular complexity index is 316. The summed E-state index contributed by atoms with van der Waals surface area (Å²) in [6, 6.07) is 2.21. The van der Waals surface area contributed by atoms with Gasteiger partial charge < -0.3 is 5.32 Å². The molecule has 0 amide bonds. The normalized spacial score (nSPS) is 15.6. The number of thiophene rings is 1. The van der Waals surface area contributed by atoms with Crippen LogP contribution in [0.3, 0.4) is 0 Å². The molecule has 0 aromatic carbocycles. The topological polar surface area (TPSA) is 12.0 Å². The molecule has 1 N–H and O–H groups in total. The van der Waals surface area contributed by atoms with Crippen LogP contribution in [0.25, 0.3) is 0 Å². The minimum atomic E-state index is 0.937. The van der Waals surface area contributed by atoms with Crippen LogP contribution in [0.5, 0.6) is 0 Å². The molecule has 0 bridgehead atoms. The molecule has 1 nitrogen and oxygen atoms in total. The van der Waals surface area contributed by atoms with Crippen LogP contribution in [0.15, 0.2) is 10.3 Å². The molecular weight excluding hydrogens is 206 g/mol. The lowest BCUT2D eigenvalue weighted by molar-refractivity contribution is 1.19. The molecule has 1 aromatic heterocycles. The Hall–Kier alpha value is -0.0600. The van der Waals surface area contributed by atoms with Crippen molar-refractivity contribution in [3.8, 4) is 0 Å². The zero-order valence-electron chi connectivity index (χ0n) is 6.72. The summed E-state index contributed by atoms with van der Waals surface area (Å²) in [5, 5.41) is 3.24. The Balaban J connectivity index is 2.34. The highest BCUT2D eigenvalue weighted by Crippen LogP contribution is 2.39. The summed E-state index contributed by atoms with van der Waals surface area (Å²) < 4.78 is 1.39. The van der Waals surface area contributed by atoms with Gasteiger partial charge in [0, 0.05) is 10.6 Å². The van der Waals surface area contributed by atoms with E-state index in [1.807, 2.05) is 23.1 Å². The van der Waals surface area contributed by atoms with Crippen LogP contribution in [0.4, 0.5) is 5.69 Å². The van der Waals surface area contributed by atoms with Gasteiger partial charge in [-0.25, -0.2) is 0 Å². The van der Waals surface area contributed by atoms with Gasteiger partial charge in [-0.15, -0.1) is 23.1 Å². The number of rotatable bonds is 1. The van der Waals surface area contributed by atoms with Crippen LogP contribution >= 0.6 is 35.3 Å². The number of thioether (sulfide) groups is 1. The van der Waals surface area contributed by atoms with E-state index in [-0.39, 0.29) is 0 Å². The highest BCUT2D eigenvalue weighted by molar-refractivity contribution is 8.03. The smallest absolute Gasteiger partial charge is 0.0902 e. The highest BCUT2D eigenvalue weighted by Gasteiger charge is 2.15. The molecule has 0 saturated heterocycles. The van der Waals surface area contributed by atoms with Crippen LogP contribution in [0.2, 0.25) is 0 Å². The summed E-state index contributed by atoms with van der Waals surface area (Å²) >= 11 is 8.83. The summed E-state index contributed by atoms with van der Waals surface area (Å²) in [4.78, 5) is 2.39. The van der Waals surface area contributed by atoms with Crippen LogP contribution in [0, 0.1) is 0 Å². The van der Waals surface area contributed by atoms with E-state index in [0.29, 0.717) is 0 Å². The van der Waals surface area contributed by atoms with Gasteiger partial charge in [-0.05, 0) is 12.5 Å². The molecule has 0 saturated carbocycles. The maximum atomic E-state index is 5.10. The monoisotopic (exact) mass is 215 g/mol. The molecule has 4 heteroatoms. The first-order valence-electron chi connectivity index (χ1n) is 3.85. The summed E-state index contributed by atoms with van der Waals surface area (Å²) in [7, 11) is 0. The van der Waals surface area contributed by atoms with Gasteiger partial charge in [0.15, 0.2) is 0 Å². The number of fused-ring (bicyclic) bond motifs is 1. The Morgan fingerprint density at radius 2 is 2.50 bits per heavy atom. The van der Waals surface area contributed by atoms with Crippen molar-refractivity contribution >= 4 is 46.0 Å². The van der Waals surface area contributed by atoms with Gasteiger partial charge in [0.1, 0.15) is 0 Å². The van der Waals surface area contributed by atoms with E-state index >= 15 is 0 Å². The van der Waals surface area contributed by atoms with Gasteiger partial charge in [0.25, 0.3) is 0 Å².